The van der Waals surface area contributed by atoms with Gasteiger partial charge in [-0.1, -0.05) is 36.4 Å². The number of hydrogen-bond acceptors (Lipinski definition) is 2. The van der Waals surface area contributed by atoms with Gasteiger partial charge in [0.05, 0.1) is 0 Å². The lowest BCUT2D eigenvalue weighted by molar-refractivity contribution is 0.214. The molecule has 2 heteroatoms. The van der Waals surface area contributed by atoms with Crippen molar-refractivity contribution in [2.45, 2.75) is 6.42 Å². The van der Waals surface area contributed by atoms with Gasteiger partial charge in [0, 0.05) is 6.20 Å². The molecule has 58 valence electrons. The van der Waals surface area contributed by atoms with E-state index in [0.717, 1.165) is 6.42 Å². The van der Waals surface area contributed by atoms with E-state index in [1.807, 2.05) is 41.9 Å². The summed E-state index contributed by atoms with van der Waals surface area (Å²) in [5.74, 6) is 0. The lowest BCUT2D eigenvalue weighted by atomic mass is 10.1. The Labute approximate surface area is 66.1 Å². The van der Waals surface area contributed by atoms with Gasteiger partial charge in [-0.05, 0) is 12.0 Å². The van der Waals surface area contributed by atoms with Crippen LogP contribution in [0.25, 0.3) is 0 Å². The van der Waals surface area contributed by atoms with Crippen LogP contribution < -0.4 is 5.48 Å². The molecule has 2 nitrogen and oxygen atoms in total. The molecule has 0 aliphatic rings. The van der Waals surface area contributed by atoms with Crippen LogP contribution in [0.3, 0.4) is 0 Å². The second-order valence-electron chi connectivity index (χ2n) is 2.22. The van der Waals surface area contributed by atoms with Gasteiger partial charge in [0.25, 0.3) is 0 Å². The Bertz CT molecular complexity index is 218. The summed E-state index contributed by atoms with van der Waals surface area (Å²) in [6, 6.07) is 10.1. The van der Waals surface area contributed by atoms with Gasteiger partial charge in [0.2, 0.25) is 0 Å². The maximum atomic E-state index is 8.21. The van der Waals surface area contributed by atoms with Crippen LogP contribution in [-0.2, 0) is 6.42 Å². The van der Waals surface area contributed by atoms with E-state index in [9.17, 15) is 0 Å². The Kier molecular flexibility index (Phi) is 3.22. The second kappa shape index (κ2) is 4.52. The SMILES string of the molecule is ONC=CCc1ccccc1. The summed E-state index contributed by atoms with van der Waals surface area (Å²) in [5, 5.41) is 8.21. The third kappa shape index (κ3) is 2.87. The van der Waals surface area contributed by atoms with E-state index in [0.29, 0.717) is 0 Å². The van der Waals surface area contributed by atoms with Crippen LogP contribution in [0.15, 0.2) is 42.6 Å². The van der Waals surface area contributed by atoms with E-state index in [-0.39, 0.29) is 0 Å². The highest BCUT2D eigenvalue weighted by Gasteiger charge is 1.83. The molecule has 1 aromatic rings. The van der Waals surface area contributed by atoms with Crippen molar-refractivity contribution in [3.63, 3.8) is 0 Å². The molecule has 0 saturated heterocycles. The smallest absolute Gasteiger partial charge is 0.0203 e. The van der Waals surface area contributed by atoms with Crippen molar-refractivity contribution in [3.05, 3.63) is 48.2 Å². The van der Waals surface area contributed by atoms with E-state index < -0.39 is 0 Å². The summed E-state index contributed by atoms with van der Waals surface area (Å²) in [7, 11) is 0. The van der Waals surface area contributed by atoms with Crippen LogP contribution in [0.1, 0.15) is 5.56 Å². The minimum absolute atomic E-state index is 0.842. The summed E-state index contributed by atoms with van der Waals surface area (Å²) in [5.41, 5.74) is 3.19. The van der Waals surface area contributed by atoms with E-state index in [1.54, 1.807) is 0 Å². The summed E-state index contributed by atoms with van der Waals surface area (Å²) in [6.07, 6.45) is 4.21. The molecule has 1 aromatic carbocycles. The van der Waals surface area contributed by atoms with Crippen LogP contribution in [0, 0.1) is 0 Å². The normalized spacial score (nSPS) is 10.3. The molecule has 0 fully saturated rings. The van der Waals surface area contributed by atoms with E-state index >= 15 is 0 Å². The number of benzene rings is 1. The quantitative estimate of drug-likeness (QED) is 0.641. The van der Waals surface area contributed by atoms with Crippen molar-refractivity contribution in [2.24, 2.45) is 0 Å². The summed E-state index contributed by atoms with van der Waals surface area (Å²) in [4.78, 5) is 0. The standard InChI is InChI=1S/C9H11NO/c11-10-8-4-7-9-5-2-1-3-6-9/h1-6,8,10-11H,7H2. The average molecular weight is 149 g/mol. The third-order valence-corrected chi connectivity index (χ3v) is 1.39. The minimum atomic E-state index is 0.842. The van der Waals surface area contributed by atoms with Crippen LogP contribution in [-0.4, -0.2) is 5.21 Å². The van der Waals surface area contributed by atoms with Crippen LogP contribution >= 0.6 is 0 Å². The largest absolute Gasteiger partial charge is 0.292 e. The van der Waals surface area contributed by atoms with Crippen molar-refractivity contribution >= 4 is 0 Å². The molecule has 0 saturated carbocycles. The minimum Gasteiger partial charge on any atom is -0.292 e. The highest BCUT2D eigenvalue weighted by Crippen LogP contribution is 1.99. The fourth-order valence-corrected chi connectivity index (χ4v) is 0.862. The fourth-order valence-electron chi connectivity index (χ4n) is 0.862. The van der Waals surface area contributed by atoms with Crippen LogP contribution in [0.5, 0.6) is 0 Å². The van der Waals surface area contributed by atoms with Crippen LogP contribution in [0.4, 0.5) is 0 Å². The molecule has 2 N–H and O–H groups in total. The van der Waals surface area contributed by atoms with Crippen molar-refractivity contribution in [2.75, 3.05) is 0 Å². The number of nitrogens with one attached hydrogen (secondary N) is 1. The summed E-state index contributed by atoms with van der Waals surface area (Å²) in [6.45, 7) is 0. The molecule has 0 radical (unpaired) electrons. The number of rotatable bonds is 3. The zero-order valence-electron chi connectivity index (χ0n) is 6.20. The van der Waals surface area contributed by atoms with Gasteiger partial charge < -0.3 is 0 Å². The lowest BCUT2D eigenvalue weighted by Gasteiger charge is -1.93. The molecule has 0 bridgehead atoms. The molecule has 11 heavy (non-hydrogen) atoms. The Morgan fingerprint density at radius 3 is 2.64 bits per heavy atom. The predicted octanol–water partition coefficient (Wildman–Crippen LogP) is 1.72. The van der Waals surface area contributed by atoms with Gasteiger partial charge in [-0.3, -0.25) is 10.7 Å². The Hall–Kier alpha value is -1.28. The van der Waals surface area contributed by atoms with Gasteiger partial charge in [-0.15, -0.1) is 0 Å². The molecular weight excluding hydrogens is 138 g/mol. The first kappa shape index (κ1) is 7.82. The molecule has 0 aliphatic heterocycles. The van der Waals surface area contributed by atoms with Crippen molar-refractivity contribution in [1.29, 1.82) is 0 Å². The monoisotopic (exact) mass is 149 g/mol. The van der Waals surface area contributed by atoms with E-state index in [1.165, 1.54) is 11.8 Å². The van der Waals surface area contributed by atoms with Gasteiger partial charge in [-0.25, -0.2) is 0 Å². The summed E-state index contributed by atoms with van der Waals surface area (Å²) >= 11 is 0. The summed E-state index contributed by atoms with van der Waals surface area (Å²) < 4.78 is 0. The van der Waals surface area contributed by atoms with Crippen LogP contribution in [0.2, 0.25) is 0 Å². The molecule has 0 aromatic heterocycles. The maximum absolute atomic E-state index is 8.21. The predicted molar refractivity (Wildman–Crippen MR) is 44.2 cm³/mol. The number of hydroxylamine groups is 1. The molecule has 0 spiro atoms. The highest BCUT2D eigenvalue weighted by molar-refractivity contribution is 5.17. The average Bonchev–Trinajstić information content (AvgIpc) is 2.07. The first-order valence-electron chi connectivity index (χ1n) is 3.52. The second-order valence-corrected chi connectivity index (χ2v) is 2.22. The topological polar surface area (TPSA) is 32.3 Å². The molecule has 0 amide bonds. The number of allylic oxidation sites excluding steroid dienone is 1. The first-order valence-corrected chi connectivity index (χ1v) is 3.52. The first-order chi connectivity index (χ1) is 5.43. The number of hydrogen-bond donors (Lipinski definition) is 2. The molecular formula is C9H11NO. The van der Waals surface area contributed by atoms with Gasteiger partial charge in [0.1, 0.15) is 0 Å². The Morgan fingerprint density at radius 1 is 1.27 bits per heavy atom. The zero-order valence-corrected chi connectivity index (χ0v) is 6.20. The molecule has 0 heterocycles. The van der Waals surface area contributed by atoms with Gasteiger partial charge in [-0.2, -0.15) is 0 Å². The van der Waals surface area contributed by atoms with Gasteiger partial charge >= 0.3 is 0 Å². The Morgan fingerprint density at radius 2 is 2.00 bits per heavy atom. The van der Waals surface area contributed by atoms with Crippen molar-refractivity contribution < 1.29 is 5.21 Å². The lowest BCUT2D eigenvalue weighted by Crippen LogP contribution is -1.93. The third-order valence-electron chi connectivity index (χ3n) is 1.39. The van der Waals surface area contributed by atoms with Crippen molar-refractivity contribution in [1.82, 2.24) is 5.48 Å². The van der Waals surface area contributed by atoms with Crippen molar-refractivity contribution in [3.8, 4) is 0 Å². The zero-order chi connectivity index (χ0) is 7.94. The molecule has 1 rings (SSSR count). The van der Waals surface area contributed by atoms with Gasteiger partial charge in [0.15, 0.2) is 0 Å². The highest BCUT2D eigenvalue weighted by atomic mass is 16.5. The molecule has 0 aliphatic carbocycles. The fraction of sp³-hybridized carbons (Fsp3) is 0.111. The Balaban J connectivity index is 2.45. The maximum Gasteiger partial charge on any atom is 0.0203 e. The van der Waals surface area contributed by atoms with E-state index in [4.69, 9.17) is 5.21 Å². The van der Waals surface area contributed by atoms with E-state index in [2.05, 4.69) is 0 Å². The molecule has 0 unspecified atom stereocenters. The molecule has 0 atom stereocenters.